The van der Waals surface area contributed by atoms with Crippen LogP contribution in [-0.2, 0) is 12.8 Å². The van der Waals surface area contributed by atoms with Gasteiger partial charge in [-0.15, -0.1) is 0 Å². The van der Waals surface area contributed by atoms with Gasteiger partial charge in [0.1, 0.15) is 5.82 Å². The molecule has 1 amide bonds. The summed E-state index contributed by atoms with van der Waals surface area (Å²) in [5, 5.41) is 6.00. The number of hydrogen-bond donors (Lipinski definition) is 2. The quantitative estimate of drug-likeness (QED) is 0.647. The first-order valence-corrected chi connectivity index (χ1v) is 9.27. The lowest BCUT2D eigenvalue weighted by atomic mass is 10.1. The molecule has 3 aromatic rings. The van der Waals surface area contributed by atoms with E-state index in [4.69, 9.17) is 0 Å². The van der Waals surface area contributed by atoms with Gasteiger partial charge in [0.2, 0.25) is 5.95 Å². The van der Waals surface area contributed by atoms with Crippen LogP contribution < -0.4 is 10.6 Å². The van der Waals surface area contributed by atoms with Crippen LogP contribution in [0.2, 0.25) is 0 Å². The van der Waals surface area contributed by atoms with Gasteiger partial charge in [-0.2, -0.15) is 0 Å². The van der Waals surface area contributed by atoms with Crippen molar-refractivity contribution in [1.29, 1.82) is 0 Å². The number of halogens is 1. The van der Waals surface area contributed by atoms with Crippen LogP contribution in [0.25, 0.3) is 0 Å². The Kier molecular flexibility index (Phi) is 6.32. The summed E-state index contributed by atoms with van der Waals surface area (Å²) in [6.07, 6.45) is 4.29. The Bertz CT molecular complexity index is 957. The Morgan fingerprint density at radius 2 is 1.75 bits per heavy atom. The molecule has 3 rings (SSSR count). The molecule has 0 bridgehead atoms. The molecule has 6 heteroatoms. The van der Waals surface area contributed by atoms with Gasteiger partial charge in [-0.05, 0) is 42.5 Å². The highest BCUT2D eigenvalue weighted by molar-refractivity contribution is 5.93. The Hall–Kier alpha value is -3.28. The van der Waals surface area contributed by atoms with Gasteiger partial charge >= 0.3 is 0 Å². The Balaban J connectivity index is 1.60. The predicted octanol–water partition coefficient (Wildman–Crippen LogP) is 4.20. The fourth-order valence-electron chi connectivity index (χ4n) is 2.94. The molecule has 28 heavy (non-hydrogen) atoms. The normalized spacial score (nSPS) is 10.5. The van der Waals surface area contributed by atoms with Crippen LogP contribution in [-0.4, -0.2) is 22.4 Å². The van der Waals surface area contributed by atoms with Crippen LogP contribution in [0.3, 0.4) is 0 Å². The number of amides is 1. The molecule has 0 aliphatic rings. The number of benzene rings is 2. The third-order valence-electron chi connectivity index (χ3n) is 4.53. The van der Waals surface area contributed by atoms with Gasteiger partial charge in [0, 0.05) is 24.6 Å². The zero-order valence-electron chi connectivity index (χ0n) is 16.0. The van der Waals surface area contributed by atoms with E-state index >= 15 is 0 Å². The van der Waals surface area contributed by atoms with Gasteiger partial charge in [-0.1, -0.05) is 43.3 Å². The van der Waals surface area contributed by atoms with Crippen molar-refractivity contribution in [3.05, 3.63) is 82.9 Å². The summed E-state index contributed by atoms with van der Waals surface area (Å²) in [6.45, 7) is 4.46. The monoisotopic (exact) mass is 378 g/mol. The molecule has 1 aromatic heterocycles. The highest BCUT2D eigenvalue weighted by Gasteiger charge is 2.10. The minimum atomic E-state index is -0.284. The van der Waals surface area contributed by atoms with Crippen molar-refractivity contribution in [1.82, 2.24) is 15.3 Å². The number of carbonyl (C=O) groups is 1. The lowest BCUT2D eigenvalue weighted by molar-refractivity contribution is 0.0953. The maximum absolute atomic E-state index is 13.6. The van der Waals surface area contributed by atoms with Crippen molar-refractivity contribution < 1.29 is 9.18 Å². The highest BCUT2D eigenvalue weighted by Crippen LogP contribution is 2.23. The molecule has 2 aromatic carbocycles. The number of carbonyl (C=O) groups excluding carboxylic acids is 1. The topological polar surface area (TPSA) is 66.9 Å². The minimum Gasteiger partial charge on any atom is -0.352 e. The van der Waals surface area contributed by atoms with Crippen molar-refractivity contribution in [2.45, 2.75) is 26.7 Å². The first kappa shape index (κ1) is 19.5. The molecule has 0 saturated carbocycles. The molecule has 144 valence electrons. The number of aryl methyl sites for hydroxylation is 2. The van der Waals surface area contributed by atoms with E-state index in [1.165, 1.54) is 24.0 Å². The Labute approximate surface area is 164 Å². The van der Waals surface area contributed by atoms with Gasteiger partial charge in [0.15, 0.2) is 0 Å². The van der Waals surface area contributed by atoms with E-state index in [2.05, 4.69) is 33.6 Å². The lowest BCUT2D eigenvalue weighted by Gasteiger charge is -2.13. The van der Waals surface area contributed by atoms with Crippen LogP contribution >= 0.6 is 0 Å². The van der Waals surface area contributed by atoms with Crippen molar-refractivity contribution in [2.24, 2.45) is 0 Å². The fraction of sp³-hybridized carbons (Fsp3) is 0.227. The Morgan fingerprint density at radius 3 is 2.46 bits per heavy atom. The summed E-state index contributed by atoms with van der Waals surface area (Å²) in [6, 6.07) is 12.7. The summed E-state index contributed by atoms with van der Waals surface area (Å²) in [5.74, 6) is -0.113. The third kappa shape index (κ3) is 4.71. The second kappa shape index (κ2) is 9.08. The summed E-state index contributed by atoms with van der Waals surface area (Å²) in [5.41, 5.74) is 4.21. The van der Waals surface area contributed by atoms with E-state index in [-0.39, 0.29) is 11.7 Å². The van der Waals surface area contributed by atoms with Crippen molar-refractivity contribution in [3.63, 3.8) is 0 Å². The van der Waals surface area contributed by atoms with E-state index in [0.29, 0.717) is 30.0 Å². The summed E-state index contributed by atoms with van der Waals surface area (Å²) in [7, 11) is 0. The van der Waals surface area contributed by atoms with Gasteiger partial charge in [-0.3, -0.25) is 4.79 Å². The largest absolute Gasteiger partial charge is 0.352 e. The van der Waals surface area contributed by atoms with Crippen molar-refractivity contribution in [2.75, 3.05) is 11.9 Å². The third-order valence-corrected chi connectivity index (χ3v) is 4.53. The second-order valence-electron chi connectivity index (χ2n) is 6.48. The molecule has 5 nitrogen and oxygen atoms in total. The van der Waals surface area contributed by atoms with Crippen LogP contribution in [0.4, 0.5) is 16.0 Å². The van der Waals surface area contributed by atoms with Crippen LogP contribution in [0.15, 0.2) is 54.9 Å². The number of hydrogen-bond acceptors (Lipinski definition) is 4. The number of anilines is 2. The van der Waals surface area contributed by atoms with Crippen molar-refractivity contribution in [3.8, 4) is 0 Å². The number of rotatable bonds is 7. The van der Waals surface area contributed by atoms with E-state index < -0.39 is 0 Å². The SMILES string of the molecule is CCc1cccc(C)c1Nc1ncc(C(=O)NCCc2ccccc2F)cn1. The fourth-order valence-corrected chi connectivity index (χ4v) is 2.94. The minimum absolute atomic E-state index is 0.266. The molecule has 0 aliphatic heterocycles. The molecule has 1 heterocycles. The van der Waals surface area contributed by atoms with E-state index in [1.54, 1.807) is 18.2 Å². The summed E-state index contributed by atoms with van der Waals surface area (Å²) >= 11 is 0. The first-order chi connectivity index (χ1) is 13.6. The zero-order valence-corrected chi connectivity index (χ0v) is 16.0. The van der Waals surface area contributed by atoms with Gasteiger partial charge < -0.3 is 10.6 Å². The number of aromatic nitrogens is 2. The zero-order chi connectivity index (χ0) is 19.9. The molecule has 0 fully saturated rings. The lowest BCUT2D eigenvalue weighted by Crippen LogP contribution is -2.26. The first-order valence-electron chi connectivity index (χ1n) is 9.27. The van der Waals surface area contributed by atoms with Crippen LogP contribution in [0.5, 0.6) is 0 Å². The Morgan fingerprint density at radius 1 is 1.04 bits per heavy atom. The van der Waals surface area contributed by atoms with Gasteiger partial charge in [0.25, 0.3) is 5.91 Å². The number of para-hydroxylation sites is 1. The molecule has 2 N–H and O–H groups in total. The molecule has 0 aliphatic carbocycles. The number of nitrogens with one attached hydrogen (secondary N) is 2. The smallest absolute Gasteiger partial charge is 0.254 e. The summed E-state index contributed by atoms with van der Waals surface area (Å²) in [4.78, 5) is 20.7. The van der Waals surface area contributed by atoms with Crippen molar-refractivity contribution >= 4 is 17.5 Å². The molecule has 0 saturated heterocycles. The van der Waals surface area contributed by atoms with Crippen LogP contribution in [0, 0.1) is 12.7 Å². The molecule has 0 radical (unpaired) electrons. The molecular formula is C22H23FN4O. The van der Waals surface area contributed by atoms with E-state index in [1.807, 2.05) is 19.1 Å². The van der Waals surface area contributed by atoms with Gasteiger partial charge in [0.05, 0.1) is 5.56 Å². The summed E-state index contributed by atoms with van der Waals surface area (Å²) < 4.78 is 13.6. The van der Waals surface area contributed by atoms with Crippen LogP contribution in [0.1, 0.15) is 34.0 Å². The maximum Gasteiger partial charge on any atom is 0.254 e. The standard InChI is InChI=1S/C22H23FN4O/c1-3-16-9-6-7-15(2)20(16)27-22-25-13-18(14-26-22)21(28)24-12-11-17-8-4-5-10-19(17)23/h4-10,13-14H,3,11-12H2,1-2H3,(H,24,28)(H,25,26,27). The molecular weight excluding hydrogens is 355 g/mol. The average Bonchev–Trinajstić information content (AvgIpc) is 2.71. The average molecular weight is 378 g/mol. The highest BCUT2D eigenvalue weighted by atomic mass is 19.1. The second-order valence-corrected chi connectivity index (χ2v) is 6.48. The maximum atomic E-state index is 13.6. The van der Waals surface area contributed by atoms with E-state index in [0.717, 1.165) is 17.7 Å². The van der Waals surface area contributed by atoms with Gasteiger partial charge in [-0.25, -0.2) is 14.4 Å². The van der Waals surface area contributed by atoms with E-state index in [9.17, 15) is 9.18 Å². The number of nitrogens with zero attached hydrogens (tertiary/aromatic N) is 2. The molecule has 0 spiro atoms. The predicted molar refractivity (Wildman–Crippen MR) is 108 cm³/mol. The molecule has 0 unspecified atom stereocenters. The molecule has 0 atom stereocenters.